The molecule has 0 spiro atoms. The monoisotopic (exact) mass is 584 g/mol. The van der Waals surface area contributed by atoms with Crippen molar-refractivity contribution in [2.45, 2.75) is 77.6 Å². The van der Waals surface area contributed by atoms with Crippen LogP contribution in [0, 0.1) is 24.2 Å². The van der Waals surface area contributed by atoms with Crippen LogP contribution in [0.5, 0.6) is 5.75 Å². The molecular weight excluding hydrogens is 535 g/mol. The number of carbonyl (C=O) groups excluding carboxylic acids is 1. The van der Waals surface area contributed by atoms with Crippen molar-refractivity contribution in [1.82, 2.24) is 20.7 Å². The summed E-state index contributed by atoms with van der Waals surface area (Å²) in [5.41, 5.74) is 2.86. The second-order valence-electron chi connectivity index (χ2n) is 11.6. The van der Waals surface area contributed by atoms with Crippen molar-refractivity contribution in [1.29, 1.82) is 0 Å². The van der Waals surface area contributed by atoms with Gasteiger partial charge in [-0.15, -0.1) is 24.8 Å². The summed E-state index contributed by atoms with van der Waals surface area (Å²) in [6.07, 6.45) is 12.8. The number of nitrogens with one attached hydrogen (secondary N) is 2. The highest BCUT2D eigenvalue weighted by molar-refractivity contribution is 5.86. The standard InChI is InChI=1S/C28H41N3O3.C2H7N.2ClH/c1-20-25(33-18-22-6-7-22)11-9-23-24(30-34-26(20)23)10-8-21-12-16-31(17-13-21)19-28(27(32)29-2)14-4-3-5-15-28;1-3-2;;/h9,11,21-22H,3-8,10,12-19H2,1-2H3,(H,29,32);3H,1-2H3;2*1H. The Morgan fingerprint density at radius 2 is 1.72 bits per heavy atom. The van der Waals surface area contributed by atoms with E-state index in [-0.39, 0.29) is 36.1 Å². The van der Waals surface area contributed by atoms with Gasteiger partial charge in [0.25, 0.3) is 0 Å². The normalized spacial score (nSPS) is 19.3. The van der Waals surface area contributed by atoms with E-state index in [2.05, 4.69) is 39.7 Å². The highest BCUT2D eigenvalue weighted by atomic mass is 35.5. The van der Waals surface area contributed by atoms with Crippen LogP contribution >= 0.6 is 24.8 Å². The molecule has 2 N–H and O–H groups in total. The van der Waals surface area contributed by atoms with Crippen LogP contribution < -0.4 is 15.4 Å². The number of ether oxygens (including phenoxy) is 1. The lowest BCUT2D eigenvalue weighted by Crippen LogP contribution is -2.50. The smallest absolute Gasteiger partial charge is 0.227 e. The van der Waals surface area contributed by atoms with Gasteiger partial charge in [-0.25, -0.2) is 0 Å². The molecule has 0 atom stereocenters. The molecule has 222 valence electrons. The minimum Gasteiger partial charge on any atom is -0.493 e. The Hall–Kier alpha value is -1.54. The van der Waals surface area contributed by atoms with Crippen LogP contribution in [0.4, 0.5) is 0 Å². The average molecular weight is 586 g/mol. The van der Waals surface area contributed by atoms with Crippen molar-refractivity contribution in [2.75, 3.05) is 47.4 Å². The van der Waals surface area contributed by atoms with Gasteiger partial charge in [0, 0.05) is 24.5 Å². The summed E-state index contributed by atoms with van der Waals surface area (Å²) in [6.45, 7) is 6.02. The molecule has 2 heterocycles. The number of rotatable bonds is 9. The molecular formula is C30H50Cl2N4O3. The Bertz CT molecular complexity index is 1010. The van der Waals surface area contributed by atoms with Crippen LogP contribution in [0.3, 0.4) is 0 Å². The van der Waals surface area contributed by atoms with Gasteiger partial charge in [-0.05, 0) is 109 Å². The summed E-state index contributed by atoms with van der Waals surface area (Å²) < 4.78 is 11.8. The van der Waals surface area contributed by atoms with Crippen LogP contribution in [0.1, 0.15) is 75.5 Å². The zero-order valence-corrected chi connectivity index (χ0v) is 26.0. The summed E-state index contributed by atoms with van der Waals surface area (Å²) in [7, 11) is 5.54. The Balaban J connectivity index is 0.00000102. The number of fused-ring (bicyclic) bond motifs is 1. The van der Waals surface area contributed by atoms with Gasteiger partial charge in [-0.1, -0.05) is 24.4 Å². The molecule has 1 aromatic heterocycles. The van der Waals surface area contributed by atoms with Gasteiger partial charge in [0.1, 0.15) is 5.75 Å². The van der Waals surface area contributed by atoms with E-state index in [4.69, 9.17) is 9.26 Å². The number of aromatic nitrogens is 1. The quantitative estimate of drug-likeness (QED) is 0.379. The molecule has 3 aliphatic rings. The SMILES string of the molecule is CNC.CNC(=O)C1(CN2CCC(CCc3noc4c(C)c(OCC5CC5)ccc34)CC2)CCCCC1.Cl.Cl. The van der Waals surface area contributed by atoms with Gasteiger partial charge in [0.15, 0.2) is 5.58 Å². The van der Waals surface area contributed by atoms with Gasteiger partial charge in [-0.3, -0.25) is 4.79 Å². The Kier molecular flexibility index (Phi) is 13.8. The molecule has 2 saturated carbocycles. The lowest BCUT2D eigenvalue weighted by atomic mass is 9.72. The molecule has 1 aliphatic heterocycles. The van der Waals surface area contributed by atoms with E-state index in [0.29, 0.717) is 5.92 Å². The lowest BCUT2D eigenvalue weighted by molar-refractivity contribution is -0.134. The molecule has 7 nitrogen and oxygen atoms in total. The zero-order valence-electron chi connectivity index (χ0n) is 24.4. The van der Waals surface area contributed by atoms with Crippen molar-refractivity contribution in [3.63, 3.8) is 0 Å². The van der Waals surface area contributed by atoms with Crippen molar-refractivity contribution in [3.05, 3.63) is 23.4 Å². The predicted octanol–water partition coefficient (Wildman–Crippen LogP) is 5.95. The first-order chi connectivity index (χ1) is 18.0. The van der Waals surface area contributed by atoms with Crippen molar-refractivity contribution < 1.29 is 14.1 Å². The van der Waals surface area contributed by atoms with E-state index >= 15 is 0 Å². The number of benzene rings is 1. The predicted molar refractivity (Wildman–Crippen MR) is 164 cm³/mol. The molecule has 2 aliphatic carbocycles. The molecule has 1 aromatic carbocycles. The summed E-state index contributed by atoms with van der Waals surface area (Å²) >= 11 is 0. The van der Waals surface area contributed by atoms with Gasteiger partial charge in [0.2, 0.25) is 5.91 Å². The molecule has 9 heteroatoms. The number of amides is 1. The number of nitrogens with zero attached hydrogens (tertiary/aromatic N) is 2. The number of aryl methyl sites for hydroxylation is 2. The first-order valence-corrected chi connectivity index (χ1v) is 14.5. The molecule has 0 bridgehead atoms. The maximum atomic E-state index is 12.7. The third kappa shape index (κ3) is 8.72. The minimum atomic E-state index is -0.168. The van der Waals surface area contributed by atoms with E-state index in [1.807, 2.05) is 14.1 Å². The molecule has 5 rings (SSSR count). The van der Waals surface area contributed by atoms with Crippen molar-refractivity contribution >= 4 is 41.7 Å². The van der Waals surface area contributed by atoms with E-state index < -0.39 is 0 Å². The number of carbonyl (C=O) groups is 1. The third-order valence-corrected chi connectivity index (χ3v) is 8.63. The lowest BCUT2D eigenvalue weighted by Gasteiger charge is -2.42. The fourth-order valence-corrected chi connectivity index (χ4v) is 6.15. The van der Waals surface area contributed by atoms with Crippen LogP contribution in [-0.2, 0) is 11.2 Å². The van der Waals surface area contributed by atoms with E-state index in [0.717, 1.165) is 85.8 Å². The number of hydrogen-bond acceptors (Lipinski definition) is 6. The van der Waals surface area contributed by atoms with Gasteiger partial charge in [-0.2, -0.15) is 0 Å². The molecule has 1 saturated heterocycles. The van der Waals surface area contributed by atoms with Gasteiger partial charge >= 0.3 is 0 Å². The van der Waals surface area contributed by atoms with Crippen molar-refractivity contribution in [3.8, 4) is 5.75 Å². The van der Waals surface area contributed by atoms with Crippen LogP contribution in [0.25, 0.3) is 11.0 Å². The average Bonchev–Trinajstić information content (AvgIpc) is 3.66. The molecule has 1 amide bonds. The maximum absolute atomic E-state index is 12.7. The molecule has 2 aromatic rings. The first-order valence-electron chi connectivity index (χ1n) is 14.5. The summed E-state index contributed by atoms with van der Waals surface area (Å²) in [5.74, 6) is 2.64. The van der Waals surface area contributed by atoms with E-state index in [1.54, 1.807) is 7.05 Å². The largest absolute Gasteiger partial charge is 0.493 e. The summed E-state index contributed by atoms with van der Waals surface area (Å²) in [5, 5.41) is 11.3. The summed E-state index contributed by atoms with van der Waals surface area (Å²) in [6, 6.07) is 4.22. The fraction of sp³-hybridized carbons (Fsp3) is 0.733. The molecule has 0 radical (unpaired) electrons. The maximum Gasteiger partial charge on any atom is 0.227 e. The van der Waals surface area contributed by atoms with Gasteiger partial charge < -0.3 is 24.8 Å². The summed E-state index contributed by atoms with van der Waals surface area (Å²) in [4.78, 5) is 15.3. The molecule has 0 unspecified atom stereocenters. The Labute approximate surface area is 247 Å². The van der Waals surface area contributed by atoms with Crippen LogP contribution in [-0.4, -0.2) is 63.3 Å². The number of piperidine rings is 1. The first kappa shape index (κ1) is 33.7. The van der Waals surface area contributed by atoms with Crippen LogP contribution in [0.2, 0.25) is 0 Å². The second-order valence-corrected chi connectivity index (χ2v) is 11.6. The highest BCUT2D eigenvalue weighted by Gasteiger charge is 2.40. The highest BCUT2D eigenvalue weighted by Crippen LogP contribution is 2.39. The van der Waals surface area contributed by atoms with Crippen molar-refractivity contribution in [2.24, 2.45) is 17.3 Å². The Morgan fingerprint density at radius 3 is 2.33 bits per heavy atom. The van der Waals surface area contributed by atoms with E-state index in [1.165, 1.54) is 44.9 Å². The molecule has 39 heavy (non-hydrogen) atoms. The fourth-order valence-electron chi connectivity index (χ4n) is 6.15. The molecule has 3 fully saturated rings. The van der Waals surface area contributed by atoms with Crippen LogP contribution in [0.15, 0.2) is 16.7 Å². The zero-order chi connectivity index (χ0) is 26.3. The third-order valence-electron chi connectivity index (χ3n) is 8.63. The second kappa shape index (κ2) is 16.0. The van der Waals surface area contributed by atoms with E-state index in [9.17, 15) is 4.79 Å². The number of halogens is 2. The Morgan fingerprint density at radius 1 is 1.05 bits per heavy atom. The van der Waals surface area contributed by atoms with Gasteiger partial charge in [0.05, 0.1) is 17.7 Å². The topological polar surface area (TPSA) is 79.6 Å². The number of likely N-dealkylation sites (tertiary alicyclic amines) is 1. The minimum absolute atomic E-state index is 0. The number of hydrogen-bond donors (Lipinski definition) is 2.